The van der Waals surface area contributed by atoms with E-state index in [1.807, 2.05) is 38.2 Å². The minimum absolute atomic E-state index is 0.194. The highest BCUT2D eigenvalue weighted by Crippen LogP contribution is 2.41. The van der Waals surface area contributed by atoms with Gasteiger partial charge >= 0.3 is 5.97 Å². The van der Waals surface area contributed by atoms with Crippen molar-refractivity contribution < 1.29 is 23.0 Å². The Morgan fingerprint density at radius 3 is 2.31 bits per heavy atom. The molecule has 2 aromatic carbocycles. The van der Waals surface area contributed by atoms with Crippen LogP contribution in [0.25, 0.3) is 28.0 Å². The van der Waals surface area contributed by atoms with Gasteiger partial charge in [0, 0.05) is 36.0 Å². The van der Waals surface area contributed by atoms with E-state index in [1.54, 1.807) is 36.5 Å². The quantitative estimate of drug-likeness (QED) is 0.219. The first kappa shape index (κ1) is 29.7. The predicted octanol–water partition coefficient (Wildman–Crippen LogP) is 7.91. The van der Waals surface area contributed by atoms with Crippen molar-refractivity contribution in [1.82, 2.24) is 9.38 Å². The Hall–Kier alpha value is -3.78. The lowest BCUT2D eigenvalue weighted by molar-refractivity contribution is -0.164. The summed E-state index contributed by atoms with van der Waals surface area (Å²) in [7, 11) is 1.36. The van der Waals surface area contributed by atoms with Gasteiger partial charge in [-0.25, -0.2) is 18.6 Å². The van der Waals surface area contributed by atoms with Crippen LogP contribution in [0.15, 0.2) is 54.7 Å². The second-order valence-electron chi connectivity index (χ2n) is 12.9. The number of nitrogens with zero attached hydrogens (tertiary/aromatic N) is 3. The molecule has 8 heteroatoms. The average Bonchev–Trinajstić information content (AvgIpc) is 3.34. The molecule has 42 heavy (non-hydrogen) atoms. The summed E-state index contributed by atoms with van der Waals surface area (Å²) in [6.07, 6.45) is 2.75. The number of hydrogen-bond donors (Lipinski definition) is 0. The number of anilines is 1. The molecule has 0 radical (unpaired) electrons. The van der Waals surface area contributed by atoms with Gasteiger partial charge in [0.2, 0.25) is 0 Å². The highest BCUT2D eigenvalue weighted by molar-refractivity contribution is 5.81. The highest BCUT2D eigenvalue weighted by atomic mass is 19.1. The van der Waals surface area contributed by atoms with E-state index in [9.17, 15) is 9.18 Å². The summed E-state index contributed by atoms with van der Waals surface area (Å²) in [6.45, 7) is 13.7. The smallest absolute Gasteiger partial charge is 0.339 e. The molecule has 1 aliphatic rings. The number of ether oxygens (including phenoxy) is 2. The van der Waals surface area contributed by atoms with Crippen LogP contribution in [0.5, 0.6) is 0 Å². The zero-order valence-corrected chi connectivity index (χ0v) is 25.4. The number of imidazole rings is 1. The van der Waals surface area contributed by atoms with Crippen LogP contribution in [0.2, 0.25) is 0 Å². The molecule has 0 amide bonds. The Kier molecular flexibility index (Phi) is 7.88. The minimum Gasteiger partial charge on any atom is -0.467 e. The number of aromatic nitrogens is 2. The molecule has 5 rings (SSSR count). The Morgan fingerprint density at radius 2 is 1.67 bits per heavy atom. The van der Waals surface area contributed by atoms with Crippen LogP contribution in [0.3, 0.4) is 0 Å². The van der Waals surface area contributed by atoms with Gasteiger partial charge in [-0.3, -0.25) is 4.40 Å². The van der Waals surface area contributed by atoms with Gasteiger partial charge in [0.15, 0.2) is 6.10 Å². The second-order valence-corrected chi connectivity index (χ2v) is 12.9. The summed E-state index contributed by atoms with van der Waals surface area (Å²) >= 11 is 0. The van der Waals surface area contributed by atoms with Crippen LogP contribution in [-0.2, 0) is 14.3 Å². The van der Waals surface area contributed by atoms with E-state index in [4.69, 9.17) is 14.5 Å². The molecule has 0 spiro atoms. The zero-order valence-electron chi connectivity index (χ0n) is 25.4. The number of hydrogen-bond acceptors (Lipinski definition) is 5. The number of pyridine rings is 1. The monoisotopic (exact) mass is 575 g/mol. The largest absolute Gasteiger partial charge is 0.467 e. The number of rotatable bonds is 6. The maximum Gasteiger partial charge on any atom is 0.339 e. The molecule has 0 aliphatic carbocycles. The summed E-state index contributed by atoms with van der Waals surface area (Å²) in [6, 6.07) is 12.9. The van der Waals surface area contributed by atoms with Crippen LogP contribution in [0.1, 0.15) is 64.7 Å². The van der Waals surface area contributed by atoms with E-state index in [2.05, 4.69) is 18.7 Å². The van der Waals surface area contributed by atoms with Gasteiger partial charge in [-0.1, -0.05) is 38.1 Å². The first-order valence-corrected chi connectivity index (χ1v) is 14.4. The topological polar surface area (TPSA) is 56.1 Å². The minimum atomic E-state index is -0.976. The van der Waals surface area contributed by atoms with E-state index in [0.717, 1.165) is 37.3 Å². The Bertz CT molecular complexity index is 1630. The van der Waals surface area contributed by atoms with Crippen molar-refractivity contribution in [3.8, 4) is 22.4 Å². The fourth-order valence-corrected chi connectivity index (χ4v) is 5.61. The lowest BCUT2D eigenvalue weighted by Crippen LogP contribution is -2.40. The SMILES string of the molecule is COC(=O)[C@@H](OC(C)(C)C)c1c(C)cc2nc(-c3cc(-c4ccccc4F)ccc3F)cn2c1N1CCC(C)(C)CC1. The number of fused-ring (bicyclic) bond motifs is 1. The molecule has 6 nitrogen and oxygen atoms in total. The van der Waals surface area contributed by atoms with Crippen LogP contribution in [0.4, 0.5) is 14.6 Å². The van der Waals surface area contributed by atoms with Gasteiger partial charge in [0.1, 0.15) is 23.1 Å². The first-order chi connectivity index (χ1) is 19.8. The molecule has 222 valence electrons. The molecular weight excluding hydrogens is 536 g/mol. The second kappa shape index (κ2) is 11.1. The number of carbonyl (C=O) groups excluding carboxylic acids is 1. The van der Waals surface area contributed by atoms with Crippen molar-refractivity contribution >= 4 is 17.4 Å². The maximum atomic E-state index is 15.3. The summed E-state index contributed by atoms with van der Waals surface area (Å²) in [5.74, 6) is -0.548. The molecule has 0 unspecified atom stereocenters. The Balaban J connectivity index is 1.72. The molecule has 0 N–H and O–H groups in total. The van der Waals surface area contributed by atoms with Gasteiger partial charge < -0.3 is 14.4 Å². The average molecular weight is 576 g/mol. The standard InChI is InChI=1S/C34H39F2N3O3/c1-21-18-28-37-27(24-19-22(12-13-26(24)36)23-10-8-9-11-25(23)35)20-39(28)31(38-16-14-34(5,6)15-17-38)29(21)30(32(40)41-7)42-33(2,3)4/h8-13,18-20,30H,14-17H2,1-7H3/t30-/m0/s1. The first-order valence-electron chi connectivity index (χ1n) is 14.4. The zero-order chi connectivity index (χ0) is 30.4. The van der Waals surface area contributed by atoms with E-state index in [0.29, 0.717) is 28.0 Å². The van der Waals surface area contributed by atoms with Crippen molar-refractivity contribution in [1.29, 1.82) is 0 Å². The molecule has 1 aliphatic heterocycles. The molecular formula is C34H39F2N3O3. The fraction of sp³-hybridized carbons (Fsp3) is 0.412. The van der Waals surface area contributed by atoms with Crippen molar-refractivity contribution in [3.63, 3.8) is 0 Å². The third-order valence-electron chi connectivity index (χ3n) is 7.97. The number of halogens is 2. The lowest BCUT2D eigenvalue weighted by atomic mass is 9.82. The number of benzene rings is 2. The van der Waals surface area contributed by atoms with Gasteiger partial charge in [-0.2, -0.15) is 0 Å². The van der Waals surface area contributed by atoms with Crippen molar-refractivity contribution in [3.05, 3.63) is 77.5 Å². The number of esters is 1. The molecule has 0 bridgehead atoms. The van der Waals surface area contributed by atoms with Gasteiger partial charge in [-0.05, 0) is 81.3 Å². The molecule has 0 saturated carbocycles. The predicted molar refractivity (Wildman–Crippen MR) is 162 cm³/mol. The molecule has 3 heterocycles. The van der Waals surface area contributed by atoms with Crippen molar-refractivity contribution in [2.75, 3.05) is 25.1 Å². The molecule has 1 saturated heterocycles. The maximum absolute atomic E-state index is 15.3. The van der Waals surface area contributed by atoms with Crippen molar-refractivity contribution in [2.24, 2.45) is 5.41 Å². The third-order valence-corrected chi connectivity index (χ3v) is 7.97. The van der Waals surface area contributed by atoms with E-state index in [1.165, 1.54) is 19.2 Å². The van der Waals surface area contributed by atoms with E-state index >= 15 is 4.39 Å². The number of aryl methyl sites for hydroxylation is 1. The Labute approximate surface area is 246 Å². The van der Waals surface area contributed by atoms with Crippen LogP contribution in [0, 0.1) is 24.0 Å². The van der Waals surface area contributed by atoms with Crippen LogP contribution >= 0.6 is 0 Å². The molecule has 4 aromatic rings. The van der Waals surface area contributed by atoms with Crippen LogP contribution in [-0.4, -0.2) is 41.2 Å². The van der Waals surface area contributed by atoms with Gasteiger partial charge in [-0.15, -0.1) is 0 Å². The highest BCUT2D eigenvalue weighted by Gasteiger charge is 2.36. The molecule has 1 atom stereocenters. The lowest BCUT2D eigenvalue weighted by Gasteiger charge is -2.40. The van der Waals surface area contributed by atoms with E-state index in [-0.39, 0.29) is 16.8 Å². The normalized spacial score (nSPS) is 16.1. The summed E-state index contributed by atoms with van der Waals surface area (Å²) in [4.78, 5) is 20.3. The van der Waals surface area contributed by atoms with Gasteiger partial charge in [0.05, 0.1) is 18.4 Å². The Morgan fingerprint density at radius 1 is 1.00 bits per heavy atom. The fourth-order valence-electron chi connectivity index (χ4n) is 5.61. The summed E-state index contributed by atoms with van der Waals surface area (Å²) in [5, 5.41) is 0. The number of methoxy groups -OCH3 is 1. The molecule has 1 fully saturated rings. The van der Waals surface area contributed by atoms with E-state index < -0.39 is 23.5 Å². The van der Waals surface area contributed by atoms with Crippen molar-refractivity contribution in [2.45, 2.75) is 66.1 Å². The molecule has 2 aromatic heterocycles. The summed E-state index contributed by atoms with van der Waals surface area (Å²) < 4.78 is 43.4. The number of piperidine rings is 1. The number of carbonyl (C=O) groups is 1. The third kappa shape index (κ3) is 5.91. The van der Waals surface area contributed by atoms with Gasteiger partial charge in [0.25, 0.3) is 0 Å². The summed E-state index contributed by atoms with van der Waals surface area (Å²) in [5.41, 5.74) is 3.32. The van der Waals surface area contributed by atoms with Crippen LogP contribution < -0.4 is 4.90 Å².